The van der Waals surface area contributed by atoms with Crippen molar-refractivity contribution in [2.75, 3.05) is 74.6 Å². The molecule has 0 radical (unpaired) electrons. The van der Waals surface area contributed by atoms with E-state index in [0.29, 0.717) is 51.0 Å². The Morgan fingerprint density at radius 2 is 1.76 bits per heavy atom. The fourth-order valence-corrected chi connectivity index (χ4v) is 4.94. The van der Waals surface area contributed by atoms with Crippen LogP contribution < -0.4 is 20.4 Å². The lowest BCUT2D eigenvalue weighted by atomic mass is 10.1. The predicted molar refractivity (Wildman–Crippen MR) is 148 cm³/mol. The molecule has 204 valence electrons. The summed E-state index contributed by atoms with van der Waals surface area (Å²) >= 11 is 0. The van der Waals surface area contributed by atoms with Crippen molar-refractivity contribution in [3.63, 3.8) is 0 Å². The number of piperidine rings is 1. The number of aromatic nitrogens is 5. The Bertz CT molecular complexity index is 1230. The van der Waals surface area contributed by atoms with Crippen molar-refractivity contribution in [2.45, 2.75) is 39.2 Å². The topological polar surface area (TPSA) is 117 Å². The van der Waals surface area contributed by atoms with Gasteiger partial charge in [-0.3, -0.25) is 4.68 Å². The lowest BCUT2D eigenvalue weighted by Gasteiger charge is -2.36. The lowest BCUT2D eigenvalue weighted by molar-refractivity contribution is 0.177. The molecule has 0 spiro atoms. The Hall–Kier alpha value is -3.67. The molecule has 2 saturated heterocycles. The monoisotopic (exact) mass is 522 g/mol. The maximum atomic E-state index is 12.5. The third kappa shape index (κ3) is 5.90. The van der Waals surface area contributed by atoms with Crippen LogP contribution in [0.15, 0.2) is 24.5 Å². The van der Waals surface area contributed by atoms with E-state index >= 15 is 0 Å². The van der Waals surface area contributed by atoms with Crippen molar-refractivity contribution in [3.8, 4) is 0 Å². The van der Waals surface area contributed by atoms with Crippen LogP contribution in [0.3, 0.4) is 0 Å². The molecule has 2 amide bonds. The molecule has 5 rings (SSSR count). The first-order valence-corrected chi connectivity index (χ1v) is 13.5. The van der Waals surface area contributed by atoms with Crippen molar-refractivity contribution in [2.24, 2.45) is 0 Å². The van der Waals surface area contributed by atoms with E-state index in [1.165, 1.54) is 6.42 Å². The Morgan fingerprint density at radius 1 is 0.974 bits per heavy atom. The van der Waals surface area contributed by atoms with Gasteiger partial charge in [-0.25, -0.2) is 9.78 Å². The number of anilines is 4. The van der Waals surface area contributed by atoms with Crippen LogP contribution in [0, 0.1) is 0 Å². The van der Waals surface area contributed by atoms with Gasteiger partial charge in [0, 0.05) is 82.7 Å². The number of methoxy groups -OCH3 is 1. The third-order valence-corrected chi connectivity index (χ3v) is 7.04. The second-order valence-corrected chi connectivity index (χ2v) is 10.1. The Balaban J connectivity index is 1.36. The number of piperazine rings is 1. The number of urea groups is 1. The van der Waals surface area contributed by atoms with Gasteiger partial charge in [0.1, 0.15) is 17.5 Å². The van der Waals surface area contributed by atoms with Crippen LogP contribution in [0.25, 0.3) is 10.9 Å². The SMILES string of the molecule is COCCNC(=O)N1CCN(c2cc(Nc3cc4c(cn3)cnn4C(C)C)nc(N3CCCCC3)n2)CC1. The summed E-state index contributed by atoms with van der Waals surface area (Å²) in [6.45, 7) is 9.80. The molecule has 12 heteroatoms. The largest absolute Gasteiger partial charge is 0.383 e. The molecule has 12 nitrogen and oxygen atoms in total. The first-order chi connectivity index (χ1) is 18.5. The molecule has 0 bridgehead atoms. The maximum absolute atomic E-state index is 12.5. The standard InChI is InChI=1S/C26H38N10O2/c1-19(2)36-21-15-22(28-17-20(21)18-29-36)30-23-16-24(32-25(31-23)34-8-5-4-6-9-34)33-10-12-35(13-11-33)26(37)27-7-14-38-3/h15-19H,4-14H2,1-3H3,(H,27,37)(H,28,30,31,32). The highest BCUT2D eigenvalue weighted by molar-refractivity contribution is 5.81. The first-order valence-electron chi connectivity index (χ1n) is 13.5. The number of rotatable bonds is 8. The van der Waals surface area contributed by atoms with Crippen LogP contribution in [0.4, 0.5) is 28.2 Å². The van der Waals surface area contributed by atoms with Crippen LogP contribution in [-0.4, -0.2) is 95.2 Å². The number of amides is 2. The van der Waals surface area contributed by atoms with Crippen molar-refractivity contribution in [3.05, 3.63) is 24.5 Å². The molecule has 0 atom stereocenters. The van der Waals surface area contributed by atoms with Crippen LogP contribution in [-0.2, 0) is 4.74 Å². The summed E-state index contributed by atoms with van der Waals surface area (Å²) < 4.78 is 7.03. The molecule has 3 aromatic rings. The van der Waals surface area contributed by atoms with Crippen molar-refractivity contribution in [1.29, 1.82) is 0 Å². The molecule has 0 aromatic carbocycles. The van der Waals surface area contributed by atoms with Gasteiger partial charge in [0.2, 0.25) is 5.95 Å². The molecule has 38 heavy (non-hydrogen) atoms. The van der Waals surface area contributed by atoms with Crippen molar-refractivity contribution >= 4 is 40.3 Å². The highest BCUT2D eigenvalue weighted by Gasteiger charge is 2.24. The second kappa shape index (κ2) is 11.8. The quantitative estimate of drug-likeness (QED) is 0.431. The minimum absolute atomic E-state index is 0.0529. The van der Waals surface area contributed by atoms with Gasteiger partial charge in [-0.1, -0.05) is 0 Å². The van der Waals surface area contributed by atoms with Gasteiger partial charge < -0.3 is 30.1 Å². The normalized spacial score (nSPS) is 16.4. The molecular weight excluding hydrogens is 484 g/mol. The number of carbonyl (C=O) groups is 1. The minimum atomic E-state index is -0.0529. The number of carbonyl (C=O) groups excluding carboxylic acids is 1. The van der Waals surface area contributed by atoms with E-state index in [4.69, 9.17) is 14.7 Å². The number of fused-ring (bicyclic) bond motifs is 1. The van der Waals surface area contributed by atoms with Gasteiger partial charge >= 0.3 is 6.03 Å². The molecule has 0 aliphatic carbocycles. The van der Waals surface area contributed by atoms with E-state index < -0.39 is 0 Å². The summed E-state index contributed by atoms with van der Waals surface area (Å²) in [5.74, 6) is 3.01. The number of hydrogen-bond acceptors (Lipinski definition) is 9. The molecule has 2 N–H and O–H groups in total. The summed E-state index contributed by atoms with van der Waals surface area (Å²) in [6, 6.07) is 4.20. The number of nitrogens with zero attached hydrogens (tertiary/aromatic N) is 8. The molecule has 2 aliphatic rings. The van der Waals surface area contributed by atoms with Crippen LogP contribution in [0.2, 0.25) is 0 Å². The molecule has 0 saturated carbocycles. The molecule has 2 aliphatic heterocycles. The summed E-state index contributed by atoms with van der Waals surface area (Å²) in [7, 11) is 1.63. The average Bonchev–Trinajstić information content (AvgIpc) is 3.37. The van der Waals surface area contributed by atoms with Crippen molar-refractivity contribution in [1.82, 2.24) is 34.9 Å². The third-order valence-electron chi connectivity index (χ3n) is 7.04. The summed E-state index contributed by atoms with van der Waals surface area (Å²) in [5, 5.41) is 11.8. The molecule has 3 aromatic heterocycles. The molecule has 5 heterocycles. The highest BCUT2D eigenvalue weighted by atomic mass is 16.5. The maximum Gasteiger partial charge on any atom is 0.317 e. The predicted octanol–water partition coefficient (Wildman–Crippen LogP) is 3.01. The Kier molecular flexibility index (Phi) is 8.06. The zero-order chi connectivity index (χ0) is 26.5. The van der Waals surface area contributed by atoms with E-state index in [2.05, 4.69) is 44.4 Å². The van der Waals surface area contributed by atoms with E-state index in [9.17, 15) is 4.79 Å². The first kappa shape index (κ1) is 26.0. The number of ether oxygens (including phenoxy) is 1. The summed E-state index contributed by atoms with van der Waals surface area (Å²) in [5.41, 5.74) is 1.03. The molecule has 0 unspecified atom stereocenters. The lowest BCUT2D eigenvalue weighted by Crippen LogP contribution is -2.52. The zero-order valence-corrected chi connectivity index (χ0v) is 22.6. The van der Waals surface area contributed by atoms with Crippen LogP contribution in [0.1, 0.15) is 39.2 Å². The van der Waals surface area contributed by atoms with E-state index in [0.717, 1.165) is 48.6 Å². The summed E-state index contributed by atoms with van der Waals surface area (Å²) in [4.78, 5) is 33.2. The number of pyridine rings is 1. The molecular formula is C26H38N10O2. The zero-order valence-electron chi connectivity index (χ0n) is 22.6. The second-order valence-electron chi connectivity index (χ2n) is 10.1. The van der Waals surface area contributed by atoms with Crippen LogP contribution >= 0.6 is 0 Å². The fourth-order valence-electron chi connectivity index (χ4n) is 4.94. The van der Waals surface area contributed by atoms with Gasteiger partial charge in [-0.2, -0.15) is 15.1 Å². The van der Waals surface area contributed by atoms with Gasteiger partial charge in [0.25, 0.3) is 0 Å². The van der Waals surface area contributed by atoms with Gasteiger partial charge in [-0.05, 0) is 33.1 Å². The minimum Gasteiger partial charge on any atom is -0.383 e. The smallest absolute Gasteiger partial charge is 0.317 e. The van der Waals surface area contributed by atoms with Gasteiger partial charge in [0.15, 0.2) is 0 Å². The van der Waals surface area contributed by atoms with E-state index in [1.807, 2.05) is 34.1 Å². The molecule has 2 fully saturated rings. The van der Waals surface area contributed by atoms with E-state index in [-0.39, 0.29) is 12.1 Å². The van der Waals surface area contributed by atoms with E-state index in [1.54, 1.807) is 7.11 Å². The average molecular weight is 523 g/mol. The Morgan fingerprint density at radius 3 is 2.50 bits per heavy atom. The fraction of sp³-hybridized carbons (Fsp3) is 0.577. The highest BCUT2D eigenvalue weighted by Crippen LogP contribution is 2.27. The van der Waals surface area contributed by atoms with Crippen LogP contribution in [0.5, 0.6) is 0 Å². The number of hydrogen-bond donors (Lipinski definition) is 2. The van der Waals surface area contributed by atoms with Crippen molar-refractivity contribution < 1.29 is 9.53 Å². The van der Waals surface area contributed by atoms with Gasteiger partial charge in [-0.15, -0.1) is 0 Å². The Labute approximate surface area is 223 Å². The number of nitrogens with one attached hydrogen (secondary N) is 2. The van der Waals surface area contributed by atoms with Gasteiger partial charge in [0.05, 0.1) is 18.3 Å². The summed E-state index contributed by atoms with van der Waals surface area (Å²) in [6.07, 6.45) is 7.22.